The van der Waals surface area contributed by atoms with Crippen LogP contribution in [0.2, 0.25) is 0 Å². The number of benzene rings is 1. The molecule has 1 unspecified atom stereocenters. The molecule has 0 saturated heterocycles. The highest BCUT2D eigenvalue weighted by molar-refractivity contribution is 6.18. The van der Waals surface area contributed by atoms with Crippen molar-refractivity contribution in [3.63, 3.8) is 0 Å². The number of carbonyl (C=O) groups is 2. The van der Waals surface area contributed by atoms with Crippen molar-refractivity contribution in [1.29, 1.82) is 0 Å². The van der Waals surface area contributed by atoms with Crippen LogP contribution in [0, 0.1) is 0 Å². The summed E-state index contributed by atoms with van der Waals surface area (Å²) in [4.78, 5) is 23.8. The molecule has 0 fully saturated rings. The summed E-state index contributed by atoms with van der Waals surface area (Å²) in [5.74, 6) is -0.964. The zero-order valence-corrected chi connectivity index (χ0v) is 9.15. The third-order valence-corrected chi connectivity index (χ3v) is 2.93. The summed E-state index contributed by atoms with van der Waals surface area (Å²) in [7, 11) is 2.60. The van der Waals surface area contributed by atoms with Gasteiger partial charge in [0.05, 0.1) is 7.11 Å². The fraction of sp³-hybridized carbons (Fsp3) is 0.333. The van der Waals surface area contributed by atoms with E-state index in [9.17, 15) is 9.59 Å². The van der Waals surface area contributed by atoms with E-state index in [0.29, 0.717) is 5.56 Å². The molecule has 0 N–H and O–H groups in total. The first-order chi connectivity index (χ1) is 7.65. The lowest BCUT2D eigenvalue weighted by Crippen LogP contribution is -2.47. The topological polar surface area (TPSA) is 52.6 Å². The molecule has 1 aliphatic rings. The van der Waals surface area contributed by atoms with Crippen LogP contribution in [0.25, 0.3) is 0 Å². The highest BCUT2D eigenvalue weighted by Crippen LogP contribution is 2.33. The number of Topliss-reactive ketones (excluding diaryl/α,β-unsaturated/α-hetero) is 1. The second kappa shape index (κ2) is 3.72. The summed E-state index contributed by atoms with van der Waals surface area (Å²) >= 11 is 0. The van der Waals surface area contributed by atoms with Crippen molar-refractivity contribution in [3.8, 4) is 0 Å². The zero-order chi connectivity index (χ0) is 11.8. The molecule has 0 radical (unpaired) electrons. The molecular formula is C12H12O4. The standard InChI is InChI=1S/C12H12O4/c1-15-11(14)12(16-2)7-8-5-3-4-6-9(8)10(12)13/h3-6H,7H2,1-2H3. The summed E-state index contributed by atoms with van der Waals surface area (Å²) in [5, 5.41) is 0. The quantitative estimate of drug-likeness (QED) is 0.550. The number of fused-ring (bicyclic) bond motifs is 1. The smallest absolute Gasteiger partial charge is 0.346 e. The number of ketones is 1. The third-order valence-electron chi connectivity index (χ3n) is 2.93. The first-order valence-corrected chi connectivity index (χ1v) is 4.92. The number of esters is 1. The largest absolute Gasteiger partial charge is 0.467 e. The van der Waals surface area contributed by atoms with Gasteiger partial charge in [-0.1, -0.05) is 24.3 Å². The summed E-state index contributed by atoms with van der Waals surface area (Å²) < 4.78 is 9.77. The monoisotopic (exact) mass is 220 g/mol. The van der Waals surface area contributed by atoms with E-state index in [-0.39, 0.29) is 12.2 Å². The minimum Gasteiger partial charge on any atom is -0.467 e. The first kappa shape index (κ1) is 10.8. The van der Waals surface area contributed by atoms with Gasteiger partial charge in [-0.15, -0.1) is 0 Å². The molecule has 0 bridgehead atoms. The number of hydrogen-bond donors (Lipinski definition) is 0. The number of hydrogen-bond acceptors (Lipinski definition) is 4. The Morgan fingerprint density at radius 3 is 2.56 bits per heavy atom. The van der Waals surface area contributed by atoms with Crippen molar-refractivity contribution >= 4 is 11.8 Å². The number of carbonyl (C=O) groups excluding carboxylic acids is 2. The van der Waals surface area contributed by atoms with Crippen LogP contribution in [0.5, 0.6) is 0 Å². The Hall–Kier alpha value is -1.68. The summed E-state index contributed by atoms with van der Waals surface area (Å²) in [5.41, 5.74) is -0.132. The van der Waals surface area contributed by atoms with Crippen molar-refractivity contribution in [1.82, 2.24) is 0 Å². The first-order valence-electron chi connectivity index (χ1n) is 4.92. The van der Waals surface area contributed by atoms with Gasteiger partial charge in [-0.05, 0) is 5.56 Å². The Bertz CT molecular complexity index is 452. The summed E-state index contributed by atoms with van der Waals surface area (Å²) in [6, 6.07) is 7.10. The van der Waals surface area contributed by atoms with Gasteiger partial charge in [0.2, 0.25) is 11.4 Å². The number of methoxy groups -OCH3 is 2. The molecule has 0 saturated carbocycles. The maximum absolute atomic E-state index is 12.1. The molecule has 0 heterocycles. The highest BCUT2D eigenvalue weighted by atomic mass is 16.6. The minimum absolute atomic E-state index is 0.241. The van der Waals surface area contributed by atoms with Crippen molar-refractivity contribution in [2.75, 3.05) is 14.2 Å². The van der Waals surface area contributed by atoms with Gasteiger partial charge in [0.1, 0.15) is 0 Å². The summed E-state index contributed by atoms with van der Waals surface area (Å²) in [6.45, 7) is 0. The second-order valence-electron chi connectivity index (χ2n) is 3.69. The van der Waals surface area contributed by atoms with E-state index < -0.39 is 11.6 Å². The van der Waals surface area contributed by atoms with Gasteiger partial charge in [-0.25, -0.2) is 4.79 Å². The Morgan fingerprint density at radius 1 is 1.31 bits per heavy atom. The van der Waals surface area contributed by atoms with Crippen LogP contribution < -0.4 is 0 Å². The fourth-order valence-corrected chi connectivity index (χ4v) is 2.04. The van der Waals surface area contributed by atoms with Crippen molar-refractivity contribution in [2.24, 2.45) is 0 Å². The van der Waals surface area contributed by atoms with Crippen LogP contribution in [0.1, 0.15) is 15.9 Å². The van der Waals surface area contributed by atoms with E-state index in [4.69, 9.17) is 4.74 Å². The molecule has 0 amide bonds. The minimum atomic E-state index is -1.49. The van der Waals surface area contributed by atoms with Gasteiger partial charge in [-0.2, -0.15) is 0 Å². The summed E-state index contributed by atoms with van der Waals surface area (Å²) in [6.07, 6.45) is 0.241. The van der Waals surface area contributed by atoms with E-state index in [1.54, 1.807) is 12.1 Å². The van der Waals surface area contributed by atoms with Gasteiger partial charge in [0, 0.05) is 19.1 Å². The van der Waals surface area contributed by atoms with Crippen molar-refractivity contribution in [3.05, 3.63) is 35.4 Å². The van der Waals surface area contributed by atoms with Crippen LogP contribution in [-0.4, -0.2) is 31.6 Å². The van der Waals surface area contributed by atoms with E-state index in [1.165, 1.54) is 14.2 Å². The molecule has 1 atom stereocenters. The van der Waals surface area contributed by atoms with Gasteiger partial charge in [0.15, 0.2) is 0 Å². The number of rotatable bonds is 2. The Labute approximate surface area is 93.2 Å². The molecule has 0 aromatic heterocycles. The molecular weight excluding hydrogens is 208 g/mol. The SMILES string of the molecule is COC(=O)C1(OC)Cc2ccccc2C1=O. The Kier molecular flexibility index (Phi) is 2.52. The van der Waals surface area contributed by atoms with Crippen LogP contribution in [-0.2, 0) is 20.7 Å². The highest BCUT2D eigenvalue weighted by Gasteiger charge is 2.53. The van der Waals surface area contributed by atoms with Crippen LogP contribution >= 0.6 is 0 Å². The Morgan fingerprint density at radius 2 is 2.00 bits per heavy atom. The van der Waals surface area contributed by atoms with Crippen LogP contribution in [0.15, 0.2) is 24.3 Å². The van der Waals surface area contributed by atoms with E-state index >= 15 is 0 Å². The normalized spacial score (nSPS) is 23.0. The Balaban J connectivity index is 2.49. The molecule has 1 aromatic rings. The molecule has 84 valence electrons. The molecule has 4 heteroatoms. The average Bonchev–Trinajstić information content (AvgIpc) is 2.63. The molecule has 16 heavy (non-hydrogen) atoms. The molecule has 2 rings (SSSR count). The predicted molar refractivity (Wildman–Crippen MR) is 56.2 cm³/mol. The third kappa shape index (κ3) is 1.27. The van der Waals surface area contributed by atoms with E-state index in [2.05, 4.69) is 4.74 Å². The van der Waals surface area contributed by atoms with Gasteiger partial charge in [0.25, 0.3) is 0 Å². The number of ether oxygens (including phenoxy) is 2. The lowest BCUT2D eigenvalue weighted by molar-refractivity contribution is -0.159. The molecule has 4 nitrogen and oxygen atoms in total. The van der Waals surface area contributed by atoms with Crippen molar-refractivity contribution in [2.45, 2.75) is 12.0 Å². The molecule has 1 aromatic carbocycles. The van der Waals surface area contributed by atoms with Crippen LogP contribution in [0.3, 0.4) is 0 Å². The second-order valence-corrected chi connectivity index (χ2v) is 3.69. The van der Waals surface area contributed by atoms with E-state index in [1.807, 2.05) is 12.1 Å². The predicted octanol–water partition coefficient (Wildman–Crippen LogP) is 0.984. The van der Waals surface area contributed by atoms with Gasteiger partial charge >= 0.3 is 5.97 Å². The van der Waals surface area contributed by atoms with Gasteiger partial charge in [-0.3, -0.25) is 4.79 Å². The zero-order valence-electron chi connectivity index (χ0n) is 9.15. The molecule has 0 aliphatic heterocycles. The average molecular weight is 220 g/mol. The van der Waals surface area contributed by atoms with Crippen molar-refractivity contribution < 1.29 is 19.1 Å². The van der Waals surface area contributed by atoms with E-state index in [0.717, 1.165) is 5.56 Å². The molecule has 1 aliphatic carbocycles. The lowest BCUT2D eigenvalue weighted by atomic mass is 9.99. The van der Waals surface area contributed by atoms with Crippen LogP contribution in [0.4, 0.5) is 0 Å². The lowest BCUT2D eigenvalue weighted by Gasteiger charge is -2.22. The fourth-order valence-electron chi connectivity index (χ4n) is 2.04. The maximum atomic E-state index is 12.1. The maximum Gasteiger partial charge on any atom is 0.346 e. The molecule has 0 spiro atoms. The van der Waals surface area contributed by atoms with Gasteiger partial charge < -0.3 is 9.47 Å².